The summed E-state index contributed by atoms with van der Waals surface area (Å²) in [7, 11) is 0. The molecule has 98 valence electrons. The smallest absolute Gasteiger partial charge is 0.271 e. The highest BCUT2D eigenvalue weighted by atomic mass is 79.9. The Balaban J connectivity index is 3.13. The average molecular weight is 370 g/mol. The molecule has 1 rings (SSSR count). The average Bonchev–Trinajstić information content (AvgIpc) is 2.33. The number of halogens is 2. The third-order valence-corrected chi connectivity index (χ3v) is 4.39. The molecular weight excluding hydrogens is 352 g/mol. The molecule has 0 N–H and O–H groups in total. The Hall–Kier alpha value is -0.100. The van der Waals surface area contributed by atoms with E-state index in [1.807, 2.05) is 0 Å². The highest BCUT2D eigenvalue weighted by Gasteiger charge is 2.56. The van der Waals surface area contributed by atoms with E-state index in [0.717, 1.165) is 3.93 Å². The van der Waals surface area contributed by atoms with Crippen molar-refractivity contribution in [2.75, 3.05) is 0 Å². The van der Waals surface area contributed by atoms with Crippen molar-refractivity contribution < 1.29 is 9.59 Å². The zero-order valence-corrected chi connectivity index (χ0v) is 13.7. The van der Waals surface area contributed by atoms with Crippen molar-refractivity contribution in [3.8, 4) is 0 Å². The fourth-order valence-electron chi connectivity index (χ4n) is 2.38. The maximum atomic E-state index is 12.3. The minimum Gasteiger partial charge on any atom is -0.271 e. The Morgan fingerprint density at radius 2 is 1.47 bits per heavy atom. The normalized spacial score (nSPS) is 20.0. The molecule has 0 unspecified atom stereocenters. The number of nitrogens with zero attached hydrogens (tertiary/aromatic N) is 2. The van der Waals surface area contributed by atoms with E-state index in [-0.39, 0.29) is 11.9 Å². The van der Waals surface area contributed by atoms with Gasteiger partial charge in [0.2, 0.25) is 0 Å². The Labute approximate surface area is 119 Å². The molecule has 1 aliphatic heterocycles. The summed E-state index contributed by atoms with van der Waals surface area (Å²) in [6, 6.07) is -0.351. The zero-order valence-electron chi connectivity index (χ0n) is 10.5. The number of amides is 3. The number of urea groups is 1. The van der Waals surface area contributed by atoms with Crippen molar-refractivity contribution in [2.24, 2.45) is 11.8 Å². The van der Waals surface area contributed by atoms with Crippen LogP contribution in [-0.2, 0) is 4.79 Å². The molecule has 0 saturated carbocycles. The topological polar surface area (TPSA) is 40.6 Å². The van der Waals surface area contributed by atoms with Crippen LogP contribution < -0.4 is 0 Å². The van der Waals surface area contributed by atoms with Crippen LogP contribution in [0.15, 0.2) is 0 Å². The lowest BCUT2D eigenvalue weighted by molar-refractivity contribution is -0.129. The lowest BCUT2D eigenvalue weighted by Gasteiger charge is -2.33. The van der Waals surface area contributed by atoms with Gasteiger partial charge in [0.05, 0.1) is 32.3 Å². The van der Waals surface area contributed by atoms with Gasteiger partial charge in [0.15, 0.2) is 0 Å². The molecule has 1 aliphatic rings. The number of carbonyl (C=O) groups is 2. The molecule has 17 heavy (non-hydrogen) atoms. The van der Waals surface area contributed by atoms with Crippen LogP contribution in [0, 0.1) is 11.8 Å². The third-order valence-electron chi connectivity index (χ3n) is 2.78. The molecule has 0 aliphatic carbocycles. The van der Waals surface area contributed by atoms with E-state index in [2.05, 4.69) is 60.0 Å². The first-order valence-corrected chi connectivity index (χ1v) is 7.14. The van der Waals surface area contributed by atoms with Gasteiger partial charge in [-0.25, -0.2) is 8.72 Å². The number of imide groups is 1. The molecule has 0 spiro atoms. The fraction of sp³-hybridized carbons (Fsp3) is 0.818. The van der Waals surface area contributed by atoms with E-state index >= 15 is 0 Å². The minimum atomic E-state index is -0.761. The van der Waals surface area contributed by atoms with Gasteiger partial charge in [-0.05, 0) is 24.7 Å². The first kappa shape index (κ1) is 15.0. The predicted octanol–water partition coefficient (Wildman–Crippen LogP) is 3.70. The van der Waals surface area contributed by atoms with Crippen molar-refractivity contribution in [1.29, 1.82) is 0 Å². The lowest BCUT2D eigenvalue weighted by Crippen LogP contribution is -2.47. The number of hydrogen-bond acceptors (Lipinski definition) is 2. The second kappa shape index (κ2) is 5.26. The molecule has 4 nitrogen and oxygen atoms in total. The number of rotatable bonds is 4. The largest absolute Gasteiger partial charge is 0.348 e. The van der Waals surface area contributed by atoms with Crippen molar-refractivity contribution in [1.82, 2.24) is 7.85 Å². The number of carbonyl (C=O) groups excluding carboxylic acids is 2. The Kier molecular flexibility index (Phi) is 4.63. The summed E-state index contributed by atoms with van der Waals surface area (Å²) in [5.74, 6) is 0.496. The summed E-state index contributed by atoms with van der Waals surface area (Å²) in [5, 5.41) is 0. The van der Waals surface area contributed by atoms with Gasteiger partial charge < -0.3 is 0 Å². The van der Waals surface area contributed by atoms with E-state index in [1.54, 1.807) is 0 Å². The van der Waals surface area contributed by atoms with E-state index in [1.165, 1.54) is 3.93 Å². The molecule has 3 amide bonds. The van der Waals surface area contributed by atoms with E-state index in [9.17, 15) is 9.59 Å². The van der Waals surface area contributed by atoms with Gasteiger partial charge >= 0.3 is 6.03 Å². The van der Waals surface area contributed by atoms with Crippen LogP contribution in [0.3, 0.4) is 0 Å². The van der Waals surface area contributed by atoms with Gasteiger partial charge in [-0.2, -0.15) is 3.93 Å². The summed E-state index contributed by atoms with van der Waals surface area (Å²) < 4.78 is 2.42. The Bertz CT molecular complexity index is 321. The first-order valence-electron chi connectivity index (χ1n) is 5.72. The van der Waals surface area contributed by atoms with Gasteiger partial charge in [0.1, 0.15) is 5.54 Å². The molecule has 1 saturated heterocycles. The van der Waals surface area contributed by atoms with Gasteiger partial charge in [0, 0.05) is 0 Å². The molecular formula is C11H18Br2N2O2. The molecule has 1 heterocycles. The molecule has 1 fully saturated rings. The van der Waals surface area contributed by atoms with Gasteiger partial charge in [-0.15, -0.1) is 0 Å². The van der Waals surface area contributed by atoms with Crippen LogP contribution >= 0.6 is 32.3 Å². The zero-order chi connectivity index (χ0) is 13.4. The molecule has 0 aromatic heterocycles. The quantitative estimate of drug-likeness (QED) is 0.559. The second-order valence-corrected chi connectivity index (χ2v) is 6.80. The molecule has 0 atom stereocenters. The van der Waals surface area contributed by atoms with E-state index in [4.69, 9.17) is 0 Å². The highest BCUT2D eigenvalue weighted by molar-refractivity contribution is 9.08. The summed E-state index contributed by atoms with van der Waals surface area (Å²) in [6.45, 7) is 8.21. The van der Waals surface area contributed by atoms with Crippen LogP contribution in [-0.4, -0.2) is 25.3 Å². The SMILES string of the molecule is CC(C)CC1(CC(C)C)C(=O)N(Br)C(=O)N1Br. The molecule has 6 heteroatoms. The van der Waals surface area contributed by atoms with Gasteiger partial charge in [-0.1, -0.05) is 27.7 Å². The molecule has 0 bridgehead atoms. The number of hydrogen-bond donors (Lipinski definition) is 0. The highest BCUT2D eigenvalue weighted by Crippen LogP contribution is 2.41. The molecule has 0 aromatic carbocycles. The van der Waals surface area contributed by atoms with E-state index < -0.39 is 5.54 Å². The predicted molar refractivity (Wildman–Crippen MR) is 73.6 cm³/mol. The summed E-state index contributed by atoms with van der Waals surface area (Å²) in [4.78, 5) is 24.1. The Morgan fingerprint density at radius 1 is 1.06 bits per heavy atom. The summed E-state index contributed by atoms with van der Waals surface area (Å²) in [5.41, 5.74) is -0.761. The monoisotopic (exact) mass is 368 g/mol. The second-order valence-electron chi connectivity index (χ2n) is 5.38. The van der Waals surface area contributed by atoms with Crippen LogP contribution in [0.2, 0.25) is 0 Å². The van der Waals surface area contributed by atoms with Crippen LogP contribution in [0.4, 0.5) is 4.79 Å². The van der Waals surface area contributed by atoms with Gasteiger partial charge in [-0.3, -0.25) is 4.79 Å². The standard InChI is InChI=1S/C11H18Br2N2O2/c1-7(2)5-11(6-8(3)4)9(16)14(12)10(17)15(11)13/h7-8H,5-6H2,1-4H3. The third kappa shape index (κ3) is 2.67. The van der Waals surface area contributed by atoms with E-state index in [0.29, 0.717) is 24.7 Å². The Morgan fingerprint density at radius 3 is 1.71 bits per heavy atom. The van der Waals surface area contributed by atoms with Crippen molar-refractivity contribution in [3.05, 3.63) is 0 Å². The van der Waals surface area contributed by atoms with Crippen LogP contribution in [0.1, 0.15) is 40.5 Å². The van der Waals surface area contributed by atoms with Crippen molar-refractivity contribution in [3.63, 3.8) is 0 Å². The first-order chi connectivity index (χ1) is 7.72. The molecule has 0 aromatic rings. The van der Waals surface area contributed by atoms with Crippen molar-refractivity contribution in [2.45, 2.75) is 46.1 Å². The maximum absolute atomic E-state index is 12.3. The summed E-state index contributed by atoms with van der Waals surface area (Å²) >= 11 is 6.28. The summed E-state index contributed by atoms with van der Waals surface area (Å²) in [6.07, 6.45) is 1.31. The van der Waals surface area contributed by atoms with Crippen LogP contribution in [0.5, 0.6) is 0 Å². The van der Waals surface area contributed by atoms with Crippen LogP contribution in [0.25, 0.3) is 0 Å². The molecule has 0 radical (unpaired) electrons. The van der Waals surface area contributed by atoms with Gasteiger partial charge in [0.25, 0.3) is 5.91 Å². The fourth-order valence-corrected chi connectivity index (χ4v) is 3.68. The lowest BCUT2D eigenvalue weighted by atomic mass is 9.82. The minimum absolute atomic E-state index is 0.179. The maximum Gasteiger partial charge on any atom is 0.348 e. The van der Waals surface area contributed by atoms with Crippen molar-refractivity contribution >= 4 is 44.2 Å².